The predicted octanol–water partition coefficient (Wildman–Crippen LogP) is -1.82. The smallest absolute Gasteiger partial charge is 0.541 e. The quantitative estimate of drug-likeness (QED) is 0.344. The van der Waals surface area contributed by atoms with Crippen molar-refractivity contribution in [3.63, 3.8) is 0 Å². The van der Waals surface area contributed by atoms with Crippen LogP contribution in [0.4, 0.5) is 0 Å². The molecule has 3 rings (SSSR count). The summed E-state index contributed by atoms with van der Waals surface area (Å²) in [4.78, 5) is 29.4. The van der Waals surface area contributed by atoms with Gasteiger partial charge in [0.25, 0.3) is 0 Å². The third kappa shape index (κ3) is 3.38. The normalized spacial score (nSPS) is 10.1. The van der Waals surface area contributed by atoms with E-state index in [1.54, 1.807) is 13.3 Å². The second kappa shape index (κ2) is 7.37. The zero-order valence-corrected chi connectivity index (χ0v) is 15.7. The number of carboxylic acid groups (broad SMARTS) is 1. The molecule has 1 N–H and O–H groups in total. The number of aromatic amines is 1. The first-order valence-electron chi connectivity index (χ1n) is 6.47. The van der Waals surface area contributed by atoms with Crippen molar-refractivity contribution < 1.29 is 70.8 Å². The number of nitrogens with one attached hydrogen (secondary N) is 1. The summed E-state index contributed by atoms with van der Waals surface area (Å²) in [6, 6.07) is 7.33. The second-order valence-corrected chi connectivity index (χ2v) is 4.66. The van der Waals surface area contributed by atoms with E-state index in [0.29, 0.717) is 10.9 Å². The number of hydrogen-bond acceptors (Lipinski definition) is 5. The van der Waals surface area contributed by atoms with Crippen molar-refractivity contribution in [2.75, 3.05) is 7.11 Å². The third-order valence-corrected chi connectivity index (χ3v) is 3.43. The van der Waals surface area contributed by atoms with E-state index < -0.39 is 11.8 Å². The first-order valence-corrected chi connectivity index (χ1v) is 6.47. The summed E-state index contributed by atoms with van der Waals surface area (Å²) in [6.07, 6.45) is 4.46. The molecule has 0 radical (unpaired) electrons. The monoisotopic (exact) mass is 334 g/mol. The molecule has 0 aliphatic carbocycles. The number of Topliss-reactive ketones (excluding diaryl/α,β-unsaturated/α-hetero) is 1. The number of carbonyl (C=O) groups excluding carboxylic acids is 2. The van der Waals surface area contributed by atoms with E-state index in [0.717, 1.165) is 16.9 Å². The molecule has 110 valence electrons. The number of benzene rings is 1. The molecule has 0 unspecified atom stereocenters. The largest absolute Gasteiger partial charge is 1.00 e. The minimum Gasteiger partial charge on any atom is -0.541 e. The fraction of sp³-hybridized carbons (Fsp3) is 0.0625. The summed E-state index contributed by atoms with van der Waals surface area (Å²) in [5, 5.41) is 11.2. The van der Waals surface area contributed by atoms with Gasteiger partial charge in [-0.2, -0.15) is 0 Å². The van der Waals surface area contributed by atoms with Gasteiger partial charge in [-0.05, 0) is 17.7 Å². The van der Waals surface area contributed by atoms with Crippen molar-refractivity contribution in [2.24, 2.45) is 0 Å². The molecule has 0 aliphatic rings. The van der Waals surface area contributed by atoms with Crippen LogP contribution in [0.25, 0.3) is 22.0 Å². The Hall–Kier alpha value is -1.51. The Bertz CT molecular complexity index is 871. The molecule has 0 amide bonds. The Kier molecular flexibility index (Phi) is 5.72. The van der Waals surface area contributed by atoms with Crippen LogP contribution in [-0.4, -0.2) is 28.8 Å². The summed E-state index contributed by atoms with van der Waals surface area (Å²) in [5.74, 6) is -2.08. The molecule has 7 heteroatoms. The van der Waals surface area contributed by atoms with Gasteiger partial charge in [0.2, 0.25) is 5.78 Å². The maximum absolute atomic E-state index is 11.6. The van der Waals surface area contributed by atoms with Crippen molar-refractivity contribution in [1.82, 2.24) is 9.97 Å². The van der Waals surface area contributed by atoms with Gasteiger partial charge >= 0.3 is 51.4 Å². The Morgan fingerprint density at radius 3 is 2.48 bits per heavy atom. The number of carboxylic acids is 1. The summed E-state index contributed by atoms with van der Waals surface area (Å²) in [5.41, 5.74) is 2.31. The van der Waals surface area contributed by atoms with Crippen LogP contribution in [0.1, 0.15) is 10.4 Å². The van der Waals surface area contributed by atoms with Crippen LogP contribution in [0.2, 0.25) is 0 Å². The van der Waals surface area contributed by atoms with E-state index in [1.165, 1.54) is 12.4 Å². The first-order chi connectivity index (χ1) is 10.6. The second-order valence-electron chi connectivity index (χ2n) is 4.66. The standard InChI is InChI=1S/C16H12N2O4.K/c1-22-10-4-2-9(3-5-10)11-6-17-7-12-13(8-18-14(11)12)15(19)16(20)21;/h2-8,18H,1H3,(H,20,21);/q;+1/p-1. The van der Waals surface area contributed by atoms with E-state index in [1.807, 2.05) is 24.3 Å². The molecule has 0 bridgehead atoms. The van der Waals surface area contributed by atoms with Crippen LogP contribution in [0.15, 0.2) is 42.9 Å². The maximum Gasteiger partial charge on any atom is 1.00 e. The number of H-pyrrole nitrogens is 1. The molecule has 2 aromatic heterocycles. The maximum atomic E-state index is 11.6. The number of nitrogens with zero attached hydrogens (tertiary/aromatic N) is 1. The number of aromatic nitrogens is 2. The molecule has 23 heavy (non-hydrogen) atoms. The SMILES string of the molecule is COc1ccc(-c2cncc3c(C(=O)C(=O)[O-])c[nH]c23)cc1.[K+]. The van der Waals surface area contributed by atoms with Gasteiger partial charge in [-0.1, -0.05) is 12.1 Å². The summed E-state index contributed by atoms with van der Waals surface area (Å²) in [7, 11) is 1.58. The van der Waals surface area contributed by atoms with E-state index >= 15 is 0 Å². The molecule has 1 aromatic carbocycles. The van der Waals surface area contributed by atoms with Crippen molar-refractivity contribution in [1.29, 1.82) is 0 Å². The van der Waals surface area contributed by atoms with E-state index in [4.69, 9.17) is 4.74 Å². The van der Waals surface area contributed by atoms with Gasteiger partial charge in [0.05, 0.1) is 18.2 Å². The van der Waals surface area contributed by atoms with Crippen molar-refractivity contribution in [3.8, 4) is 16.9 Å². The molecule has 6 nitrogen and oxygen atoms in total. The summed E-state index contributed by atoms with van der Waals surface area (Å²) >= 11 is 0. The van der Waals surface area contributed by atoms with Crippen LogP contribution >= 0.6 is 0 Å². The number of aliphatic carboxylic acids is 1. The van der Waals surface area contributed by atoms with Gasteiger partial charge in [0.15, 0.2) is 0 Å². The molecule has 0 spiro atoms. The average Bonchev–Trinajstić information content (AvgIpc) is 2.98. The third-order valence-electron chi connectivity index (χ3n) is 3.43. The van der Waals surface area contributed by atoms with Crippen molar-refractivity contribution >= 4 is 22.7 Å². The van der Waals surface area contributed by atoms with Gasteiger partial charge in [-0.3, -0.25) is 9.78 Å². The van der Waals surface area contributed by atoms with Crippen LogP contribution in [-0.2, 0) is 4.79 Å². The molecule has 0 saturated carbocycles. The number of carbonyl (C=O) groups is 2. The Morgan fingerprint density at radius 1 is 1.17 bits per heavy atom. The first kappa shape index (κ1) is 17.8. The van der Waals surface area contributed by atoms with Crippen molar-refractivity contribution in [3.05, 3.63) is 48.4 Å². The Balaban J connectivity index is 0.00000192. The van der Waals surface area contributed by atoms with E-state index in [9.17, 15) is 14.7 Å². The van der Waals surface area contributed by atoms with Crippen LogP contribution in [0.3, 0.4) is 0 Å². The summed E-state index contributed by atoms with van der Waals surface area (Å²) in [6.45, 7) is 0. The van der Waals surface area contributed by atoms with Gasteiger partial charge in [0.1, 0.15) is 11.7 Å². The number of ether oxygens (including phenoxy) is 1. The predicted molar refractivity (Wildman–Crippen MR) is 77.4 cm³/mol. The topological polar surface area (TPSA) is 95.1 Å². The fourth-order valence-electron chi connectivity index (χ4n) is 2.33. The zero-order valence-electron chi connectivity index (χ0n) is 12.6. The van der Waals surface area contributed by atoms with Crippen LogP contribution < -0.4 is 61.2 Å². The van der Waals surface area contributed by atoms with Crippen LogP contribution in [0, 0.1) is 0 Å². The zero-order chi connectivity index (χ0) is 15.7. The molecule has 2 heterocycles. The van der Waals surface area contributed by atoms with E-state index in [2.05, 4.69) is 9.97 Å². The van der Waals surface area contributed by atoms with Crippen molar-refractivity contribution in [2.45, 2.75) is 0 Å². The average molecular weight is 334 g/mol. The Morgan fingerprint density at radius 2 is 1.87 bits per heavy atom. The van der Waals surface area contributed by atoms with Gasteiger partial charge < -0.3 is 19.6 Å². The summed E-state index contributed by atoms with van der Waals surface area (Å²) < 4.78 is 5.11. The number of fused-ring (bicyclic) bond motifs is 1. The molecule has 0 saturated heterocycles. The van der Waals surface area contributed by atoms with Gasteiger partial charge in [0, 0.05) is 29.5 Å². The Labute approximate surface area is 174 Å². The fourth-order valence-corrected chi connectivity index (χ4v) is 2.33. The van der Waals surface area contributed by atoms with Gasteiger partial charge in [-0.15, -0.1) is 0 Å². The number of pyridine rings is 1. The molecule has 3 aromatic rings. The number of ketones is 1. The number of methoxy groups -OCH3 is 1. The van der Waals surface area contributed by atoms with Crippen LogP contribution in [0.5, 0.6) is 5.75 Å². The molecular formula is C16H11KN2O4. The molecule has 0 aliphatic heterocycles. The molecule has 0 atom stereocenters. The van der Waals surface area contributed by atoms with Gasteiger partial charge in [-0.25, -0.2) is 0 Å². The molecular weight excluding hydrogens is 323 g/mol. The minimum absolute atomic E-state index is 0. The number of rotatable bonds is 4. The van der Waals surface area contributed by atoms with E-state index in [-0.39, 0.29) is 56.9 Å². The number of hydrogen-bond donors (Lipinski definition) is 1. The minimum atomic E-state index is -1.74. The molecule has 0 fully saturated rings.